The third-order valence-electron chi connectivity index (χ3n) is 2.98. The molecule has 0 heterocycles. The van der Waals surface area contributed by atoms with Crippen molar-refractivity contribution < 1.29 is 14.6 Å². The quantitative estimate of drug-likeness (QED) is 0.718. The largest absolute Gasteiger partial charge is 0.442 e. The van der Waals surface area contributed by atoms with E-state index in [2.05, 4.69) is 4.99 Å². The lowest BCUT2D eigenvalue weighted by molar-refractivity contribution is 0.0592. The number of rotatable bonds is 1. The van der Waals surface area contributed by atoms with Gasteiger partial charge in [0.2, 0.25) is 0 Å². The van der Waals surface area contributed by atoms with Crippen LogP contribution in [-0.4, -0.2) is 29.1 Å². The molecule has 0 bridgehead atoms. The van der Waals surface area contributed by atoms with Crippen molar-refractivity contribution in [2.24, 2.45) is 16.8 Å². The lowest BCUT2D eigenvalue weighted by Gasteiger charge is -2.28. The van der Waals surface area contributed by atoms with E-state index in [0.29, 0.717) is 12.3 Å². The molecule has 1 aliphatic rings. The Morgan fingerprint density at radius 3 is 2.59 bits per heavy atom. The number of ether oxygens (including phenoxy) is 1. The molecule has 1 N–H and O–H groups in total. The molecule has 1 fully saturated rings. The Bertz CT molecular complexity index is 294. The summed E-state index contributed by atoms with van der Waals surface area (Å²) in [5.41, 5.74) is -0.505. The maximum absolute atomic E-state index is 11.4. The van der Waals surface area contributed by atoms with Crippen molar-refractivity contribution in [2.45, 2.75) is 58.7 Å². The van der Waals surface area contributed by atoms with Gasteiger partial charge in [0.15, 0.2) is 0 Å². The van der Waals surface area contributed by atoms with Gasteiger partial charge < -0.3 is 9.84 Å². The number of carbonyl (C=O) groups excluding carboxylic acids is 1. The molecule has 1 amide bonds. The van der Waals surface area contributed by atoms with Crippen LogP contribution in [0.2, 0.25) is 0 Å². The van der Waals surface area contributed by atoms with Crippen LogP contribution in [0.3, 0.4) is 0 Å². The number of carbonyl (C=O) groups is 1. The molecule has 0 aliphatic heterocycles. The van der Waals surface area contributed by atoms with Crippen LogP contribution in [0.25, 0.3) is 0 Å². The van der Waals surface area contributed by atoms with Crippen molar-refractivity contribution in [1.29, 1.82) is 0 Å². The van der Waals surface area contributed by atoms with Crippen LogP contribution < -0.4 is 0 Å². The second kappa shape index (κ2) is 5.63. The van der Waals surface area contributed by atoms with Crippen LogP contribution in [0.4, 0.5) is 4.79 Å². The molecule has 98 valence electrons. The fourth-order valence-electron chi connectivity index (χ4n) is 1.92. The summed E-state index contributed by atoms with van der Waals surface area (Å²) in [7, 11) is 0. The average Bonchev–Trinajstić information content (AvgIpc) is 2.17. The van der Waals surface area contributed by atoms with E-state index in [4.69, 9.17) is 4.74 Å². The third kappa shape index (κ3) is 5.31. The second-order valence-electron chi connectivity index (χ2n) is 5.88. The minimum Gasteiger partial charge on any atom is -0.442 e. The van der Waals surface area contributed by atoms with E-state index in [-0.39, 0.29) is 12.0 Å². The Labute approximate surface area is 103 Å². The van der Waals surface area contributed by atoms with Crippen molar-refractivity contribution >= 4 is 12.3 Å². The molecular formula is C13H23NO3. The van der Waals surface area contributed by atoms with E-state index >= 15 is 0 Å². The van der Waals surface area contributed by atoms with E-state index in [9.17, 15) is 9.90 Å². The van der Waals surface area contributed by atoms with Gasteiger partial charge in [0, 0.05) is 6.21 Å². The molecule has 0 saturated heterocycles. The van der Waals surface area contributed by atoms with Gasteiger partial charge in [0.1, 0.15) is 5.60 Å². The molecule has 0 spiro atoms. The Morgan fingerprint density at radius 2 is 2.06 bits per heavy atom. The molecule has 0 aromatic heterocycles. The fourth-order valence-corrected chi connectivity index (χ4v) is 1.92. The van der Waals surface area contributed by atoms with E-state index < -0.39 is 11.7 Å². The van der Waals surface area contributed by atoms with Crippen LogP contribution in [0.1, 0.15) is 47.0 Å². The smallest absolute Gasteiger partial charge is 0.433 e. The maximum Gasteiger partial charge on any atom is 0.433 e. The van der Waals surface area contributed by atoms with Gasteiger partial charge in [-0.15, -0.1) is 0 Å². The van der Waals surface area contributed by atoms with Crippen molar-refractivity contribution in [3.63, 3.8) is 0 Å². The molecule has 2 unspecified atom stereocenters. The molecular weight excluding hydrogens is 218 g/mol. The predicted octanol–water partition coefficient (Wildman–Crippen LogP) is 2.79. The lowest BCUT2D eigenvalue weighted by atomic mass is 9.81. The summed E-state index contributed by atoms with van der Waals surface area (Å²) < 4.78 is 5.08. The van der Waals surface area contributed by atoms with Crippen LogP contribution in [0.15, 0.2) is 4.99 Å². The molecule has 1 aliphatic carbocycles. The molecule has 1 rings (SSSR count). The van der Waals surface area contributed by atoms with Crippen LogP contribution in [0, 0.1) is 11.8 Å². The summed E-state index contributed by atoms with van der Waals surface area (Å²) in [6, 6.07) is 0. The van der Waals surface area contributed by atoms with Gasteiger partial charge in [0.25, 0.3) is 0 Å². The van der Waals surface area contributed by atoms with Crippen LogP contribution in [-0.2, 0) is 4.74 Å². The summed E-state index contributed by atoms with van der Waals surface area (Å²) in [6.07, 6.45) is 3.44. The summed E-state index contributed by atoms with van der Waals surface area (Å²) in [5, 5.41) is 9.72. The van der Waals surface area contributed by atoms with Gasteiger partial charge in [-0.2, -0.15) is 4.99 Å². The zero-order chi connectivity index (χ0) is 13.1. The van der Waals surface area contributed by atoms with Crippen LogP contribution in [0.5, 0.6) is 0 Å². The van der Waals surface area contributed by atoms with Gasteiger partial charge in [0.05, 0.1) is 6.10 Å². The number of aliphatic imine (C=N–C) groups is 1. The number of aliphatic hydroxyl groups excluding tert-OH is 1. The van der Waals surface area contributed by atoms with Crippen molar-refractivity contribution in [2.75, 3.05) is 0 Å². The van der Waals surface area contributed by atoms with Crippen molar-refractivity contribution in [3.8, 4) is 0 Å². The first-order valence-corrected chi connectivity index (χ1v) is 6.23. The van der Waals surface area contributed by atoms with Gasteiger partial charge in [-0.1, -0.05) is 6.92 Å². The highest BCUT2D eigenvalue weighted by atomic mass is 16.6. The average molecular weight is 241 g/mol. The maximum atomic E-state index is 11.4. The van der Waals surface area contributed by atoms with E-state index in [1.807, 2.05) is 27.7 Å². The number of hydrogen-bond donors (Lipinski definition) is 1. The molecule has 0 aromatic rings. The van der Waals surface area contributed by atoms with Crippen LogP contribution >= 0.6 is 0 Å². The highest BCUT2D eigenvalue weighted by Crippen LogP contribution is 2.27. The molecule has 4 heteroatoms. The lowest BCUT2D eigenvalue weighted by Crippen LogP contribution is -2.28. The van der Waals surface area contributed by atoms with Gasteiger partial charge in [-0.3, -0.25) is 0 Å². The zero-order valence-electron chi connectivity index (χ0n) is 11.1. The third-order valence-corrected chi connectivity index (χ3v) is 2.98. The highest BCUT2D eigenvalue weighted by Gasteiger charge is 2.25. The number of nitrogens with zero attached hydrogens (tertiary/aromatic N) is 1. The Balaban J connectivity index is 2.41. The number of aliphatic hydroxyl groups is 1. The summed E-state index contributed by atoms with van der Waals surface area (Å²) in [5.74, 6) is 0.537. The van der Waals surface area contributed by atoms with E-state index in [1.165, 1.54) is 0 Å². The van der Waals surface area contributed by atoms with E-state index in [1.54, 1.807) is 6.21 Å². The first kappa shape index (κ1) is 14.2. The summed E-state index contributed by atoms with van der Waals surface area (Å²) in [6.45, 7) is 7.48. The first-order valence-electron chi connectivity index (χ1n) is 6.23. The van der Waals surface area contributed by atoms with Gasteiger partial charge >= 0.3 is 6.09 Å². The first-order chi connectivity index (χ1) is 7.78. The Kier molecular flexibility index (Phi) is 4.69. The van der Waals surface area contributed by atoms with Crippen molar-refractivity contribution in [3.05, 3.63) is 0 Å². The van der Waals surface area contributed by atoms with E-state index in [0.717, 1.165) is 12.8 Å². The topological polar surface area (TPSA) is 58.9 Å². The summed E-state index contributed by atoms with van der Waals surface area (Å²) in [4.78, 5) is 15.2. The predicted molar refractivity (Wildman–Crippen MR) is 67.2 cm³/mol. The normalized spacial score (nSPS) is 30.5. The molecule has 3 atom stereocenters. The Hall–Kier alpha value is -0.900. The zero-order valence-corrected chi connectivity index (χ0v) is 11.1. The number of amides is 1. The highest BCUT2D eigenvalue weighted by molar-refractivity contribution is 5.80. The summed E-state index contributed by atoms with van der Waals surface area (Å²) >= 11 is 0. The van der Waals surface area contributed by atoms with Gasteiger partial charge in [-0.25, -0.2) is 4.79 Å². The molecule has 17 heavy (non-hydrogen) atoms. The second-order valence-corrected chi connectivity index (χ2v) is 5.88. The molecule has 0 aromatic carbocycles. The SMILES string of the molecule is C[C@@H]1CCC(C=NC(=O)OC(C)(C)C)CC1O. The minimum atomic E-state index is -0.550. The van der Waals surface area contributed by atoms with Gasteiger partial charge in [-0.05, 0) is 51.9 Å². The molecule has 4 nitrogen and oxygen atoms in total. The van der Waals surface area contributed by atoms with Crippen molar-refractivity contribution in [1.82, 2.24) is 0 Å². The Morgan fingerprint density at radius 1 is 1.41 bits per heavy atom. The number of hydrogen-bond acceptors (Lipinski definition) is 3. The molecule has 1 saturated carbocycles. The minimum absolute atomic E-state index is 0.189. The molecule has 0 radical (unpaired) electrons. The standard InChI is InChI=1S/C13H23NO3/c1-9-5-6-10(7-11(9)15)8-14-12(16)17-13(2,3)4/h8-11,15H,5-7H2,1-4H3/t9-,10?,11?/m1/s1. The fraction of sp³-hybridized carbons (Fsp3) is 0.846. The monoisotopic (exact) mass is 241 g/mol.